The highest BCUT2D eigenvalue weighted by Gasteiger charge is 2.29. The number of nitrogens with one attached hydrogen (secondary N) is 1. The normalized spacial score (nSPS) is 13.9. The number of hydrogen-bond donors (Lipinski definition) is 1. The van der Waals surface area contributed by atoms with Crippen LogP contribution in [-0.2, 0) is 5.75 Å². The number of thioether (sulfide) groups is 2. The predicted molar refractivity (Wildman–Crippen MR) is 77.6 cm³/mol. The second-order valence-corrected chi connectivity index (χ2v) is 6.43. The van der Waals surface area contributed by atoms with Crippen molar-refractivity contribution < 1.29 is 13.2 Å². The molecule has 1 heterocycles. The van der Waals surface area contributed by atoms with E-state index < -0.39 is 5.51 Å². The smallest absolute Gasteiger partial charge is 0.354 e. The van der Waals surface area contributed by atoms with E-state index in [0.29, 0.717) is 0 Å². The Hall–Kier alpha value is -1.27. The van der Waals surface area contributed by atoms with Crippen molar-refractivity contribution in [2.24, 2.45) is 0 Å². The van der Waals surface area contributed by atoms with E-state index in [1.54, 1.807) is 23.9 Å². The monoisotopic (exact) mass is 313 g/mol. The summed E-state index contributed by atoms with van der Waals surface area (Å²) in [4.78, 5) is 1.31. The van der Waals surface area contributed by atoms with Gasteiger partial charge in [0.2, 0.25) is 0 Å². The van der Waals surface area contributed by atoms with Crippen LogP contribution in [0.4, 0.5) is 24.5 Å². The quantitative estimate of drug-likeness (QED) is 0.683. The van der Waals surface area contributed by atoms with Gasteiger partial charge in [0.15, 0.2) is 0 Å². The molecule has 0 aliphatic carbocycles. The van der Waals surface area contributed by atoms with E-state index in [4.69, 9.17) is 0 Å². The van der Waals surface area contributed by atoms with Crippen molar-refractivity contribution in [3.05, 3.63) is 48.0 Å². The molecule has 0 atom stereocenters. The molecule has 1 aliphatic heterocycles. The van der Waals surface area contributed by atoms with E-state index in [0.717, 1.165) is 27.6 Å². The number of rotatable bonds is 1. The number of para-hydroxylation sites is 1. The number of hydrogen-bond acceptors (Lipinski definition) is 3. The molecule has 1 aliphatic rings. The maximum absolute atomic E-state index is 12.4. The predicted octanol–water partition coefficient (Wildman–Crippen LogP) is 5.65. The molecular formula is C14H10F3NS2. The second kappa shape index (κ2) is 5.26. The van der Waals surface area contributed by atoms with Crippen molar-refractivity contribution in [1.29, 1.82) is 0 Å². The molecule has 0 bridgehead atoms. The van der Waals surface area contributed by atoms with Crippen molar-refractivity contribution in [2.45, 2.75) is 21.1 Å². The fourth-order valence-corrected chi connectivity index (χ4v) is 3.58. The minimum atomic E-state index is -4.26. The Morgan fingerprint density at radius 2 is 1.85 bits per heavy atom. The minimum absolute atomic E-state index is 0.0851. The van der Waals surface area contributed by atoms with Crippen molar-refractivity contribution in [3.63, 3.8) is 0 Å². The van der Waals surface area contributed by atoms with Crippen molar-refractivity contribution in [3.8, 4) is 0 Å². The minimum Gasteiger partial charge on any atom is -0.354 e. The van der Waals surface area contributed by atoms with Gasteiger partial charge in [0, 0.05) is 21.2 Å². The number of anilines is 2. The van der Waals surface area contributed by atoms with Crippen LogP contribution in [0, 0.1) is 0 Å². The van der Waals surface area contributed by atoms with Gasteiger partial charge in [-0.05, 0) is 41.6 Å². The molecule has 3 rings (SSSR count). The number of benzene rings is 2. The molecule has 104 valence electrons. The molecule has 6 heteroatoms. The van der Waals surface area contributed by atoms with Gasteiger partial charge in [-0.25, -0.2) is 0 Å². The van der Waals surface area contributed by atoms with E-state index in [-0.39, 0.29) is 16.7 Å². The lowest BCUT2D eigenvalue weighted by atomic mass is 10.2. The highest BCUT2D eigenvalue weighted by molar-refractivity contribution is 8.00. The summed E-state index contributed by atoms with van der Waals surface area (Å²) in [5, 5.41) is 3.23. The molecule has 0 aromatic heterocycles. The van der Waals surface area contributed by atoms with Crippen molar-refractivity contribution in [2.75, 3.05) is 5.32 Å². The molecular weight excluding hydrogens is 303 g/mol. The van der Waals surface area contributed by atoms with Gasteiger partial charge < -0.3 is 5.32 Å². The molecule has 0 amide bonds. The van der Waals surface area contributed by atoms with Crippen LogP contribution >= 0.6 is 23.5 Å². The molecule has 0 radical (unpaired) electrons. The molecule has 2 aromatic carbocycles. The van der Waals surface area contributed by atoms with E-state index in [1.807, 2.05) is 24.3 Å². The molecule has 0 fully saturated rings. The largest absolute Gasteiger partial charge is 0.446 e. The molecule has 1 nitrogen and oxygen atoms in total. The number of halogens is 3. The second-order valence-electron chi connectivity index (χ2n) is 4.28. The number of alkyl halides is 3. The van der Waals surface area contributed by atoms with E-state index in [2.05, 4.69) is 5.32 Å². The van der Waals surface area contributed by atoms with E-state index >= 15 is 0 Å². The first kappa shape index (κ1) is 13.7. The Balaban J connectivity index is 1.94. The zero-order valence-corrected chi connectivity index (χ0v) is 11.8. The van der Waals surface area contributed by atoms with Crippen LogP contribution in [0.5, 0.6) is 0 Å². The lowest BCUT2D eigenvalue weighted by Gasteiger charge is -2.11. The van der Waals surface area contributed by atoms with Gasteiger partial charge in [0.1, 0.15) is 0 Å². The first-order valence-electron chi connectivity index (χ1n) is 5.89. The lowest BCUT2D eigenvalue weighted by molar-refractivity contribution is -0.0328. The first-order chi connectivity index (χ1) is 9.51. The maximum atomic E-state index is 12.4. The SMILES string of the molecule is FC(F)(F)Sc1ccc2c(c1)Nc1ccccc1SC2. The standard InChI is InChI=1S/C14H10F3NS2/c15-14(16,17)20-10-6-5-9-8-19-13-4-2-1-3-11(13)18-12(9)7-10/h1-7,18H,8H2. The van der Waals surface area contributed by atoms with Crippen LogP contribution < -0.4 is 5.32 Å². The van der Waals surface area contributed by atoms with Gasteiger partial charge in [-0.1, -0.05) is 18.2 Å². The summed E-state index contributed by atoms with van der Waals surface area (Å²) < 4.78 is 37.3. The topological polar surface area (TPSA) is 12.0 Å². The Morgan fingerprint density at radius 1 is 1.05 bits per heavy atom. The summed E-state index contributed by atoms with van der Waals surface area (Å²) in [6.07, 6.45) is 0. The first-order valence-corrected chi connectivity index (χ1v) is 7.69. The van der Waals surface area contributed by atoms with Crippen LogP contribution in [0.25, 0.3) is 0 Å². The fraction of sp³-hybridized carbons (Fsp3) is 0.143. The average molecular weight is 313 g/mol. The summed E-state index contributed by atoms with van der Waals surface area (Å²) in [6.45, 7) is 0. The Bertz CT molecular complexity index is 641. The number of fused-ring (bicyclic) bond motifs is 2. The van der Waals surface area contributed by atoms with Gasteiger partial charge in [0.05, 0.1) is 5.69 Å². The van der Waals surface area contributed by atoms with E-state index in [9.17, 15) is 13.2 Å². The Morgan fingerprint density at radius 3 is 2.65 bits per heavy atom. The van der Waals surface area contributed by atoms with Gasteiger partial charge >= 0.3 is 5.51 Å². The van der Waals surface area contributed by atoms with Gasteiger partial charge in [0.25, 0.3) is 0 Å². The van der Waals surface area contributed by atoms with Crippen molar-refractivity contribution in [1.82, 2.24) is 0 Å². The summed E-state index contributed by atoms with van der Waals surface area (Å²) in [7, 11) is 0. The van der Waals surface area contributed by atoms with Crippen LogP contribution in [-0.4, -0.2) is 5.51 Å². The molecule has 0 saturated heterocycles. The Labute approximate surface area is 123 Å². The third kappa shape index (κ3) is 3.07. The molecule has 0 saturated carbocycles. The van der Waals surface area contributed by atoms with Crippen LogP contribution in [0.1, 0.15) is 5.56 Å². The molecule has 2 aromatic rings. The summed E-state index contributed by atoms with van der Waals surface area (Å²) in [5.41, 5.74) is -1.56. The zero-order chi connectivity index (χ0) is 14.2. The summed E-state index contributed by atoms with van der Waals surface area (Å²) in [5.74, 6) is 0.746. The highest BCUT2D eigenvalue weighted by Crippen LogP contribution is 2.42. The third-order valence-electron chi connectivity index (χ3n) is 2.85. The van der Waals surface area contributed by atoms with Crippen LogP contribution in [0.3, 0.4) is 0 Å². The summed E-state index contributed by atoms with van der Waals surface area (Å²) >= 11 is 1.59. The molecule has 1 N–H and O–H groups in total. The molecule has 0 spiro atoms. The Kier molecular flexibility index (Phi) is 3.60. The van der Waals surface area contributed by atoms with Crippen LogP contribution in [0.2, 0.25) is 0 Å². The summed E-state index contributed by atoms with van der Waals surface area (Å²) in [6, 6.07) is 12.6. The van der Waals surface area contributed by atoms with E-state index in [1.165, 1.54) is 6.07 Å². The maximum Gasteiger partial charge on any atom is 0.446 e. The van der Waals surface area contributed by atoms with Gasteiger partial charge in [-0.2, -0.15) is 13.2 Å². The van der Waals surface area contributed by atoms with Crippen molar-refractivity contribution >= 4 is 34.9 Å². The molecule has 20 heavy (non-hydrogen) atoms. The van der Waals surface area contributed by atoms with Crippen LogP contribution in [0.15, 0.2) is 52.3 Å². The fourth-order valence-electron chi connectivity index (χ4n) is 1.99. The zero-order valence-electron chi connectivity index (χ0n) is 10.2. The van der Waals surface area contributed by atoms with Gasteiger partial charge in [-0.15, -0.1) is 11.8 Å². The highest BCUT2D eigenvalue weighted by atomic mass is 32.2. The van der Waals surface area contributed by atoms with Gasteiger partial charge in [-0.3, -0.25) is 0 Å². The lowest BCUT2D eigenvalue weighted by Crippen LogP contribution is -2.00. The molecule has 0 unspecified atom stereocenters. The third-order valence-corrected chi connectivity index (χ3v) is 4.70. The average Bonchev–Trinajstić information content (AvgIpc) is 2.55.